The summed E-state index contributed by atoms with van der Waals surface area (Å²) >= 11 is 0. The molecule has 27 heavy (non-hydrogen) atoms. The summed E-state index contributed by atoms with van der Waals surface area (Å²) in [7, 11) is -4.17. The van der Waals surface area contributed by atoms with Gasteiger partial charge >= 0.3 is 5.97 Å². The Kier molecular flexibility index (Phi) is 4.94. The maximum atomic E-state index is 13.4. The summed E-state index contributed by atoms with van der Waals surface area (Å²) in [5.41, 5.74) is -0.702. The second kappa shape index (κ2) is 6.91. The molecule has 0 atom stereocenters. The highest BCUT2D eigenvalue weighted by Gasteiger charge is 2.31. The molecule has 1 aliphatic rings. The molecule has 10 heteroatoms. The molecule has 0 amide bonds. The van der Waals surface area contributed by atoms with Gasteiger partial charge < -0.3 is 9.30 Å². The number of nitrogens with one attached hydrogen (secondary N) is 1. The van der Waals surface area contributed by atoms with Gasteiger partial charge in [-0.05, 0) is 39.7 Å². The molecule has 0 bridgehead atoms. The lowest BCUT2D eigenvalue weighted by Crippen LogP contribution is -2.27. The third-order valence-electron chi connectivity index (χ3n) is 3.89. The summed E-state index contributed by atoms with van der Waals surface area (Å²) in [4.78, 5) is 20.2. The highest BCUT2D eigenvalue weighted by atomic mass is 32.2. The van der Waals surface area contributed by atoms with Crippen molar-refractivity contribution >= 4 is 21.8 Å². The Hall–Kier alpha value is -2.49. The average molecular weight is 396 g/mol. The molecule has 0 radical (unpaired) electrons. The molecule has 0 spiro atoms. The number of pyridine rings is 1. The number of hydrogen-bond acceptors (Lipinski definition) is 6. The molecule has 3 rings (SSSR count). The van der Waals surface area contributed by atoms with Crippen molar-refractivity contribution in [2.45, 2.75) is 57.1 Å². The highest BCUT2D eigenvalue weighted by molar-refractivity contribution is 7.92. The van der Waals surface area contributed by atoms with Crippen molar-refractivity contribution in [3.05, 3.63) is 35.8 Å². The van der Waals surface area contributed by atoms with Crippen molar-refractivity contribution in [1.82, 2.24) is 14.5 Å². The topological polar surface area (TPSA) is 103 Å². The van der Waals surface area contributed by atoms with E-state index in [0.717, 1.165) is 31.3 Å². The molecule has 0 saturated carbocycles. The van der Waals surface area contributed by atoms with Gasteiger partial charge in [-0.2, -0.15) is 0 Å². The van der Waals surface area contributed by atoms with Crippen LogP contribution in [0.2, 0.25) is 0 Å². The van der Waals surface area contributed by atoms with Crippen LogP contribution in [0.4, 0.5) is 10.2 Å². The fourth-order valence-corrected chi connectivity index (χ4v) is 3.80. The van der Waals surface area contributed by atoms with E-state index >= 15 is 0 Å². The predicted molar refractivity (Wildman–Crippen MR) is 95.3 cm³/mol. The number of aryl methyl sites for hydroxylation is 1. The van der Waals surface area contributed by atoms with E-state index in [0.29, 0.717) is 18.8 Å². The minimum Gasteiger partial charge on any atom is -0.455 e. The number of carbonyl (C=O) groups is 1. The van der Waals surface area contributed by atoms with Gasteiger partial charge in [-0.15, -0.1) is 0 Å². The molecule has 0 saturated heterocycles. The largest absolute Gasteiger partial charge is 0.455 e. The van der Waals surface area contributed by atoms with Crippen LogP contribution in [0.5, 0.6) is 0 Å². The molecule has 0 aromatic carbocycles. The molecular weight excluding hydrogens is 375 g/mol. The molecule has 1 N–H and O–H groups in total. The molecular formula is C17H21FN4O4S. The number of rotatable bonds is 4. The summed E-state index contributed by atoms with van der Waals surface area (Å²) in [6, 6.07) is 0.846. The third kappa shape index (κ3) is 4.26. The number of fused-ring (bicyclic) bond motifs is 1. The standard InChI is InChI=1S/C17H21FN4O4S/c1-17(2,3)26-16(23)14-15(20-13-6-4-5-7-22(13)14)21-27(24,25)12-8-11(18)9-19-10-12/h8-10,21H,4-7H2,1-3H3. The minimum absolute atomic E-state index is 0.0487. The highest BCUT2D eigenvalue weighted by Crippen LogP contribution is 2.27. The lowest BCUT2D eigenvalue weighted by Gasteiger charge is -2.21. The van der Waals surface area contributed by atoms with Gasteiger partial charge in [-0.3, -0.25) is 9.71 Å². The van der Waals surface area contributed by atoms with Crippen LogP contribution < -0.4 is 4.72 Å². The van der Waals surface area contributed by atoms with Gasteiger partial charge in [-0.1, -0.05) is 0 Å². The van der Waals surface area contributed by atoms with E-state index in [4.69, 9.17) is 4.74 Å². The number of ether oxygens (including phenoxy) is 1. The normalized spacial score (nSPS) is 14.5. The van der Waals surface area contributed by atoms with E-state index in [9.17, 15) is 17.6 Å². The maximum absolute atomic E-state index is 13.4. The molecule has 1 aliphatic heterocycles. The van der Waals surface area contributed by atoms with Gasteiger partial charge in [0.25, 0.3) is 10.0 Å². The van der Waals surface area contributed by atoms with E-state index in [-0.39, 0.29) is 16.4 Å². The van der Waals surface area contributed by atoms with Crippen molar-refractivity contribution in [3.63, 3.8) is 0 Å². The molecule has 146 valence electrons. The van der Waals surface area contributed by atoms with E-state index in [2.05, 4.69) is 14.7 Å². The summed E-state index contributed by atoms with van der Waals surface area (Å²) in [5.74, 6) is -0.963. The van der Waals surface area contributed by atoms with Gasteiger partial charge in [-0.25, -0.2) is 22.6 Å². The fraction of sp³-hybridized carbons (Fsp3) is 0.471. The van der Waals surface area contributed by atoms with Crippen LogP contribution in [0.25, 0.3) is 0 Å². The number of sulfonamides is 1. The smallest absolute Gasteiger partial charge is 0.359 e. The predicted octanol–water partition coefficient (Wildman–Crippen LogP) is 2.51. The number of hydrogen-bond donors (Lipinski definition) is 1. The number of halogens is 1. The van der Waals surface area contributed by atoms with Crippen LogP contribution in [-0.4, -0.2) is 34.5 Å². The first kappa shape index (κ1) is 19.3. The van der Waals surface area contributed by atoms with E-state index in [1.807, 2.05) is 0 Å². The first-order valence-electron chi connectivity index (χ1n) is 8.53. The summed E-state index contributed by atoms with van der Waals surface area (Å²) in [5, 5.41) is 0. The molecule has 0 aliphatic carbocycles. The summed E-state index contributed by atoms with van der Waals surface area (Å²) < 4.78 is 48.0. The zero-order chi connectivity index (χ0) is 19.8. The van der Waals surface area contributed by atoms with Crippen LogP contribution in [0.1, 0.15) is 49.9 Å². The second-order valence-electron chi connectivity index (χ2n) is 7.28. The molecule has 0 unspecified atom stereocenters. The van der Waals surface area contributed by atoms with Crippen LogP contribution >= 0.6 is 0 Å². The van der Waals surface area contributed by atoms with Crippen LogP contribution in [0, 0.1) is 5.82 Å². The van der Waals surface area contributed by atoms with Crippen LogP contribution in [0.3, 0.4) is 0 Å². The fourth-order valence-electron chi connectivity index (χ4n) is 2.81. The number of imidazole rings is 1. The van der Waals surface area contributed by atoms with E-state index < -0.39 is 27.4 Å². The summed E-state index contributed by atoms with van der Waals surface area (Å²) in [6.07, 6.45) is 4.29. The Labute approximate surface area is 156 Å². The number of aromatic nitrogens is 3. The van der Waals surface area contributed by atoms with Crippen molar-refractivity contribution in [3.8, 4) is 0 Å². The zero-order valence-electron chi connectivity index (χ0n) is 15.3. The van der Waals surface area contributed by atoms with Gasteiger partial charge in [0.2, 0.25) is 0 Å². The van der Waals surface area contributed by atoms with E-state index in [1.54, 1.807) is 25.3 Å². The number of nitrogens with zero attached hydrogens (tertiary/aromatic N) is 3. The summed E-state index contributed by atoms with van der Waals surface area (Å²) in [6.45, 7) is 5.71. The number of anilines is 1. The Morgan fingerprint density at radius 1 is 1.30 bits per heavy atom. The van der Waals surface area contributed by atoms with Crippen molar-refractivity contribution < 1.29 is 22.3 Å². The zero-order valence-corrected chi connectivity index (χ0v) is 16.1. The lowest BCUT2D eigenvalue weighted by molar-refractivity contribution is 0.00580. The van der Waals surface area contributed by atoms with Gasteiger partial charge in [0.05, 0.1) is 6.20 Å². The van der Waals surface area contributed by atoms with Crippen LogP contribution in [-0.2, 0) is 27.7 Å². The van der Waals surface area contributed by atoms with Gasteiger partial charge in [0, 0.05) is 19.2 Å². The van der Waals surface area contributed by atoms with Crippen molar-refractivity contribution in [2.24, 2.45) is 0 Å². The van der Waals surface area contributed by atoms with Crippen molar-refractivity contribution in [2.75, 3.05) is 4.72 Å². The maximum Gasteiger partial charge on any atom is 0.359 e. The SMILES string of the molecule is CC(C)(C)OC(=O)c1c(NS(=O)(=O)c2cncc(F)c2)nc2n1CCCC2. The molecule has 2 aromatic heterocycles. The molecule has 8 nitrogen and oxygen atoms in total. The third-order valence-corrected chi connectivity index (χ3v) is 5.20. The van der Waals surface area contributed by atoms with Gasteiger partial charge in [0.15, 0.2) is 11.5 Å². The first-order valence-corrected chi connectivity index (χ1v) is 10.0. The molecule has 3 heterocycles. The lowest BCUT2D eigenvalue weighted by atomic mass is 10.1. The minimum atomic E-state index is -4.17. The first-order chi connectivity index (χ1) is 12.6. The Morgan fingerprint density at radius 2 is 2.04 bits per heavy atom. The van der Waals surface area contributed by atoms with Gasteiger partial charge in [0.1, 0.15) is 22.1 Å². The quantitative estimate of drug-likeness (QED) is 0.797. The average Bonchev–Trinajstić information content (AvgIpc) is 2.90. The Morgan fingerprint density at radius 3 is 2.70 bits per heavy atom. The molecule has 2 aromatic rings. The monoisotopic (exact) mass is 396 g/mol. The number of carbonyl (C=O) groups excluding carboxylic acids is 1. The second-order valence-corrected chi connectivity index (χ2v) is 8.96. The number of esters is 1. The van der Waals surface area contributed by atoms with Crippen LogP contribution in [0.15, 0.2) is 23.4 Å². The molecule has 0 fully saturated rings. The van der Waals surface area contributed by atoms with Crippen molar-refractivity contribution in [1.29, 1.82) is 0 Å². The Bertz CT molecular complexity index is 979. The van der Waals surface area contributed by atoms with E-state index in [1.165, 1.54) is 0 Å². The Balaban J connectivity index is 2.02.